The van der Waals surface area contributed by atoms with E-state index in [1.165, 1.54) is 17.7 Å². The van der Waals surface area contributed by atoms with Crippen molar-refractivity contribution in [2.45, 2.75) is 63.5 Å². The van der Waals surface area contributed by atoms with Gasteiger partial charge >= 0.3 is 6.03 Å². The quantitative estimate of drug-likeness (QED) is 0.838. The van der Waals surface area contributed by atoms with Crippen LogP contribution < -0.4 is 5.32 Å². The number of urea groups is 1. The molecule has 0 bridgehead atoms. The molecule has 128 valence electrons. The van der Waals surface area contributed by atoms with E-state index in [4.69, 9.17) is 4.52 Å². The average Bonchev–Trinajstić information content (AvgIpc) is 3.02. The highest BCUT2D eigenvalue weighted by atomic mass is 16.5. The standard InChI is InChI=1S/C16H26N4O3/c1-10(15-18-14(19-23-15)12-5-3-4-6-12)17-16(22)20(2)9-13(21)11-7-8-11/h10-13,21H,3-9H2,1-2H3,(H,17,22). The van der Waals surface area contributed by atoms with Crippen molar-refractivity contribution in [3.8, 4) is 0 Å². The summed E-state index contributed by atoms with van der Waals surface area (Å²) in [4.78, 5) is 18.1. The number of rotatable bonds is 6. The fraction of sp³-hybridized carbons (Fsp3) is 0.812. The van der Waals surface area contributed by atoms with Crippen LogP contribution in [0, 0.1) is 5.92 Å². The fourth-order valence-corrected chi connectivity index (χ4v) is 3.12. The number of hydrogen-bond acceptors (Lipinski definition) is 5. The molecule has 3 rings (SSSR count). The zero-order chi connectivity index (χ0) is 16.4. The lowest BCUT2D eigenvalue weighted by atomic mass is 10.1. The van der Waals surface area contributed by atoms with E-state index >= 15 is 0 Å². The maximum atomic E-state index is 12.2. The van der Waals surface area contributed by atoms with Crippen molar-refractivity contribution in [1.82, 2.24) is 20.4 Å². The van der Waals surface area contributed by atoms with Gasteiger partial charge in [0.05, 0.1) is 6.10 Å². The van der Waals surface area contributed by atoms with Gasteiger partial charge in [-0.1, -0.05) is 18.0 Å². The number of amides is 2. The predicted molar refractivity (Wildman–Crippen MR) is 83.8 cm³/mol. The van der Waals surface area contributed by atoms with Crippen LogP contribution in [0.5, 0.6) is 0 Å². The van der Waals surface area contributed by atoms with Gasteiger partial charge in [0, 0.05) is 19.5 Å². The van der Waals surface area contributed by atoms with Crippen molar-refractivity contribution in [2.24, 2.45) is 5.92 Å². The van der Waals surface area contributed by atoms with E-state index < -0.39 is 6.10 Å². The van der Waals surface area contributed by atoms with Crippen LogP contribution in [-0.2, 0) is 0 Å². The van der Waals surface area contributed by atoms with E-state index in [0.29, 0.717) is 24.3 Å². The van der Waals surface area contributed by atoms with Gasteiger partial charge < -0.3 is 19.8 Å². The molecule has 0 aliphatic heterocycles. The zero-order valence-corrected chi connectivity index (χ0v) is 13.9. The summed E-state index contributed by atoms with van der Waals surface area (Å²) in [5.74, 6) is 1.95. The minimum absolute atomic E-state index is 0.238. The SMILES string of the molecule is CC(NC(=O)N(C)CC(O)C1CC1)c1nc(C2CCCC2)no1. The second-order valence-corrected chi connectivity index (χ2v) is 6.93. The Labute approximate surface area is 136 Å². The summed E-state index contributed by atoms with van der Waals surface area (Å²) in [6, 6.07) is -0.580. The van der Waals surface area contributed by atoms with Crippen molar-refractivity contribution in [3.63, 3.8) is 0 Å². The van der Waals surface area contributed by atoms with Crippen LogP contribution in [-0.4, -0.2) is 45.9 Å². The van der Waals surface area contributed by atoms with E-state index in [1.807, 2.05) is 6.92 Å². The maximum absolute atomic E-state index is 12.2. The largest absolute Gasteiger partial charge is 0.391 e. The molecule has 2 unspecified atom stereocenters. The summed E-state index contributed by atoms with van der Waals surface area (Å²) in [6.07, 6.45) is 6.34. The molecule has 2 fully saturated rings. The normalized spacial score (nSPS) is 21.2. The molecule has 2 saturated carbocycles. The number of hydrogen-bond donors (Lipinski definition) is 2. The summed E-state index contributed by atoms with van der Waals surface area (Å²) < 4.78 is 5.31. The number of aliphatic hydroxyl groups is 1. The molecule has 7 heteroatoms. The van der Waals surface area contributed by atoms with Crippen LogP contribution in [0.2, 0.25) is 0 Å². The number of aliphatic hydroxyl groups excluding tert-OH is 1. The first-order chi connectivity index (χ1) is 11.0. The fourth-order valence-electron chi connectivity index (χ4n) is 3.12. The molecule has 1 aromatic rings. The number of aromatic nitrogens is 2. The monoisotopic (exact) mass is 322 g/mol. The molecule has 2 atom stereocenters. The van der Waals surface area contributed by atoms with Crippen molar-refractivity contribution in [2.75, 3.05) is 13.6 Å². The second-order valence-electron chi connectivity index (χ2n) is 6.93. The molecule has 23 heavy (non-hydrogen) atoms. The third-order valence-electron chi connectivity index (χ3n) is 4.86. The van der Waals surface area contributed by atoms with Crippen molar-refractivity contribution in [1.29, 1.82) is 0 Å². The second kappa shape index (κ2) is 6.86. The van der Waals surface area contributed by atoms with Crippen LogP contribution >= 0.6 is 0 Å². The van der Waals surface area contributed by atoms with Gasteiger partial charge in [0.25, 0.3) is 0 Å². The van der Waals surface area contributed by atoms with Crippen LogP contribution in [0.25, 0.3) is 0 Å². The first-order valence-corrected chi connectivity index (χ1v) is 8.57. The molecule has 2 aliphatic rings. The highest BCUT2D eigenvalue weighted by Gasteiger charge is 2.31. The van der Waals surface area contributed by atoms with Gasteiger partial charge in [-0.2, -0.15) is 4.98 Å². The number of carbonyl (C=O) groups excluding carboxylic acids is 1. The number of nitrogens with zero attached hydrogens (tertiary/aromatic N) is 3. The Morgan fingerprint density at radius 2 is 2.09 bits per heavy atom. The van der Waals surface area contributed by atoms with Gasteiger partial charge in [-0.05, 0) is 38.5 Å². The predicted octanol–water partition coefficient (Wildman–Crippen LogP) is 2.20. The summed E-state index contributed by atoms with van der Waals surface area (Å²) in [7, 11) is 1.69. The van der Waals surface area contributed by atoms with Crippen LogP contribution in [0.3, 0.4) is 0 Å². The van der Waals surface area contributed by atoms with Gasteiger partial charge in [-0.15, -0.1) is 0 Å². The molecule has 0 saturated heterocycles. The van der Waals surface area contributed by atoms with Crippen molar-refractivity contribution in [3.05, 3.63) is 11.7 Å². The molecule has 1 aromatic heterocycles. The summed E-state index contributed by atoms with van der Waals surface area (Å²) >= 11 is 0. The van der Waals surface area contributed by atoms with Gasteiger partial charge in [0.15, 0.2) is 5.82 Å². The van der Waals surface area contributed by atoms with Gasteiger partial charge in [0.2, 0.25) is 5.89 Å². The summed E-state index contributed by atoms with van der Waals surface area (Å²) in [5.41, 5.74) is 0. The Hall–Kier alpha value is -1.63. The third-order valence-corrected chi connectivity index (χ3v) is 4.86. The maximum Gasteiger partial charge on any atom is 0.317 e. The highest BCUT2D eigenvalue weighted by Crippen LogP contribution is 2.33. The molecule has 7 nitrogen and oxygen atoms in total. The first-order valence-electron chi connectivity index (χ1n) is 8.57. The van der Waals surface area contributed by atoms with Gasteiger partial charge in [-0.25, -0.2) is 4.79 Å². The van der Waals surface area contributed by atoms with E-state index in [9.17, 15) is 9.90 Å². The Kier molecular flexibility index (Phi) is 4.84. The average molecular weight is 322 g/mol. The smallest absolute Gasteiger partial charge is 0.317 e. The van der Waals surface area contributed by atoms with Gasteiger partial charge in [-0.3, -0.25) is 0 Å². The summed E-state index contributed by atoms with van der Waals surface area (Å²) in [6.45, 7) is 2.18. The van der Waals surface area contributed by atoms with Crippen LogP contribution in [0.15, 0.2) is 4.52 Å². The Morgan fingerprint density at radius 3 is 2.74 bits per heavy atom. The van der Waals surface area contributed by atoms with Gasteiger partial charge in [0.1, 0.15) is 6.04 Å². The van der Waals surface area contributed by atoms with E-state index in [2.05, 4.69) is 15.5 Å². The molecular formula is C16H26N4O3. The molecule has 1 heterocycles. The molecule has 2 amide bonds. The number of carbonyl (C=O) groups is 1. The molecular weight excluding hydrogens is 296 g/mol. The van der Waals surface area contributed by atoms with Crippen LogP contribution in [0.1, 0.15) is 69.1 Å². The van der Waals surface area contributed by atoms with E-state index in [0.717, 1.165) is 31.5 Å². The van der Waals surface area contributed by atoms with Crippen molar-refractivity contribution < 1.29 is 14.4 Å². The zero-order valence-electron chi connectivity index (χ0n) is 13.9. The Bertz CT molecular complexity index is 537. The molecule has 0 aromatic carbocycles. The molecule has 0 spiro atoms. The minimum atomic E-state index is -0.432. The van der Waals surface area contributed by atoms with Crippen LogP contribution in [0.4, 0.5) is 4.79 Å². The topological polar surface area (TPSA) is 91.5 Å². The third kappa shape index (κ3) is 4.02. The van der Waals surface area contributed by atoms with E-state index in [1.54, 1.807) is 7.05 Å². The molecule has 2 N–H and O–H groups in total. The molecule has 2 aliphatic carbocycles. The number of likely N-dealkylation sites (N-methyl/N-ethyl adjacent to an activating group) is 1. The number of nitrogens with one attached hydrogen (secondary N) is 1. The van der Waals surface area contributed by atoms with E-state index in [-0.39, 0.29) is 12.1 Å². The van der Waals surface area contributed by atoms with Crippen molar-refractivity contribution >= 4 is 6.03 Å². The lowest BCUT2D eigenvalue weighted by Crippen LogP contribution is -2.42. The lowest BCUT2D eigenvalue weighted by Gasteiger charge is -2.22. The molecule has 0 radical (unpaired) electrons. The lowest BCUT2D eigenvalue weighted by molar-refractivity contribution is 0.112. The first kappa shape index (κ1) is 16.2. The minimum Gasteiger partial charge on any atom is -0.391 e. The summed E-state index contributed by atoms with van der Waals surface area (Å²) in [5, 5.41) is 16.8. The Balaban J connectivity index is 1.51. The highest BCUT2D eigenvalue weighted by molar-refractivity contribution is 5.74. The Morgan fingerprint density at radius 1 is 1.39 bits per heavy atom.